The molecule has 0 saturated carbocycles. The molecular formula is C24H23N3O3S. The van der Waals surface area contributed by atoms with Gasteiger partial charge in [0.2, 0.25) is 0 Å². The molecule has 0 fully saturated rings. The SMILES string of the molecule is CCc1ccc(NC(=O)c2nn(Cc3ccc(S(C)(=O)=O)cc3)c3ccccc23)cc1. The molecular weight excluding hydrogens is 410 g/mol. The number of nitrogens with zero attached hydrogens (tertiary/aromatic N) is 2. The van der Waals surface area contributed by atoms with Gasteiger partial charge < -0.3 is 5.32 Å². The van der Waals surface area contributed by atoms with Crippen LogP contribution in [0.15, 0.2) is 77.7 Å². The molecule has 6 nitrogen and oxygen atoms in total. The van der Waals surface area contributed by atoms with E-state index < -0.39 is 9.84 Å². The Morgan fingerprint density at radius 1 is 0.935 bits per heavy atom. The molecule has 0 aliphatic carbocycles. The van der Waals surface area contributed by atoms with Gasteiger partial charge in [-0.05, 0) is 47.9 Å². The van der Waals surface area contributed by atoms with E-state index >= 15 is 0 Å². The summed E-state index contributed by atoms with van der Waals surface area (Å²) >= 11 is 0. The van der Waals surface area contributed by atoms with E-state index in [0.29, 0.717) is 12.2 Å². The highest BCUT2D eigenvalue weighted by atomic mass is 32.2. The van der Waals surface area contributed by atoms with Crippen LogP contribution in [0.3, 0.4) is 0 Å². The summed E-state index contributed by atoms with van der Waals surface area (Å²) < 4.78 is 25.1. The number of sulfone groups is 1. The molecule has 4 aromatic rings. The molecule has 4 rings (SSSR count). The van der Waals surface area contributed by atoms with Gasteiger partial charge in [0.1, 0.15) is 0 Å². The zero-order valence-corrected chi connectivity index (χ0v) is 18.2. The topological polar surface area (TPSA) is 81.1 Å². The van der Waals surface area contributed by atoms with E-state index in [2.05, 4.69) is 17.3 Å². The number of nitrogens with one attached hydrogen (secondary N) is 1. The highest BCUT2D eigenvalue weighted by Gasteiger charge is 2.17. The number of benzene rings is 3. The lowest BCUT2D eigenvalue weighted by Gasteiger charge is -2.05. The molecule has 0 aliphatic heterocycles. The van der Waals surface area contributed by atoms with Gasteiger partial charge in [-0.25, -0.2) is 8.42 Å². The van der Waals surface area contributed by atoms with Gasteiger partial charge in [-0.3, -0.25) is 9.48 Å². The molecule has 0 radical (unpaired) electrons. The molecule has 7 heteroatoms. The second kappa shape index (κ2) is 8.35. The molecule has 0 aliphatic rings. The van der Waals surface area contributed by atoms with Crippen LogP contribution < -0.4 is 5.32 Å². The van der Waals surface area contributed by atoms with Crippen LogP contribution in [0.1, 0.15) is 28.5 Å². The van der Waals surface area contributed by atoms with Crippen LogP contribution in [0.5, 0.6) is 0 Å². The Morgan fingerprint density at radius 2 is 1.58 bits per heavy atom. The minimum absolute atomic E-state index is 0.272. The molecule has 0 unspecified atom stereocenters. The first-order chi connectivity index (χ1) is 14.8. The van der Waals surface area contributed by atoms with Crippen molar-refractivity contribution in [1.29, 1.82) is 0 Å². The van der Waals surface area contributed by atoms with Gasteiger partial charge in [-0.2, -0.15) is 5.10 Å². The number of hydrogen-bond acceptors (Lipinski definition) is 4. The number of carbonyl (C=O) groups excluding carboxylic acids is 1. The van der Waals surface area contributed by atoms with E-state index in [1.54, 1.807) is 28.9 Å². The maximum absolute atomic E-state index is 12.9. The van der Waals surface area contributed by atoms with Crippen molar-refractivity contribution in [2.24, 2.45) is 0 Å². The van der Waals surface area contributed by atoms with E-state index in [-0.39, 0.29) is 10.8 Å². The number of anilines is 1. The Morgan fingerprint density at radius 3 is 2.23 bits per heavy atom. The Labute approximate surface area is 181 Å². The first kappa shape index (κ1) is 20.8. The van der Waals surface area contributed by atoms with Crippen molar-refractivity contribution in [2.45, 2.75) is 24.8 Å². The van der Waals surface area contributed by atoms with Crippen LogP contribution in [0.2, 0.25) is 0 Å². The fourth-order valence-corrected chi connectivity index (χ4v) is 4.08. The number of carbonyl (C=O) groups is 1. The van der Waals surface area contributed by atoms with Crippen molar-refractivity contribution in [3.8, 4) is 0 Å². The zero-order valence-electron chi connectivity index (χ0n) is 17.4. The van der Waals surface area contributed by atoms with Crippen molar-refractivity contribution in [3.05, 3.63) is 89.6 Å². The van der Waals surface area contributed by atoms with Gasteiger partial charge in [-0.15, -0.1) is 0 Å². The lowest BCUT2D eigenvalue weighted by Crippen LogP contribution is -2.14. The summed E-state index contributed by atoms with van der Waals surface area (Å²) in [6, 6.07) is 22.0. The molecule has 1 heterocycles. The fourth-order valence-electron chi connectivity index (χ4n) is 3.44. The average molecular weight is 434 g/mol. The number of rotatable bonds is 6. The molecule has 1 aromatic heterocycles. The summed E-state index contributed by atoms with van der Waals surface area (Å²) in [4.78, 5) is 13.2. The third-order valence-corrected chi connectivity index (χ3v) is 6.31. The number of amides is 1. The van der Waals surface area contributed by atoms with Crippen LogP contribution in [0.4, 0.5) is 5.69 Å². The van der Waals surface area contributed by atoms with Crippen LogP contribution in [0.25, 0.3) is 10.9 Å². The van der Waals surface area contributed by atoms with Crippen LogP contribution >= 0.6 is 0 Å². The highest BCUT2D eigenvalue weighted by Crippen LogP contribution is 2.22. The van der Waals surface area contributed by atoms with Gasteiger partial charge >= 0.3 is 0 Å². The molecule has 1 N–H and O–H groups in total. The Bertz CT molecular complexity index is 1340. The van der Waals surface area contributed by atoms with Crippen molar-refractivity contribution in [2.75, 3.05) is 11.6 Å². The lowest BCUT2D eigenvalue weighted by atomic mass is 10.1. The summed E-state index contributed by atoms with van der Waals surface area (Å²) in [6.07, 6.45) is 2.12. The molecule has 31 heavy (non-hydrogen) atoms. The Kier molecular flexibility index (Phi) is 5.61. The van der Waals surface area contributed by atoms with Crippen molar-refractivity contribution < 1.29 is 13.2 Å². The van der Waals surface area contributed by atoms with Crippen molar-refractivity contribution >= 4 is 32.3 Å². The third kappa shape index (κ3) is 4.51. The lowest BCUT2D eigenvalue weighted by molar-refractivity contribution is 0.102. The number of hydrogen-bond donors (Lipinski definition) is 1. The number of para-hydroxylation sites is 1. The second-order valence-corrected chi connectivity index (χ2v) is 9.46. The predicted octanol–water partition coefficient (Wildman–Crippen LogP) is 4.30. The average Bonchev–Trinajstić information content (AvgIpc) is 3.13. The van der Waals surface area contributed by atoms with Crippen molar-refractivity contribution in [3.63, 3.8) is 0 Å². The van der Waals surface area contributed by atoms with Gasteiger partial charge in [-0.1, -0.05) is 49.4 Å². The normalized spacial score (nSPS) is 11.5. The first-order valence-corrected chi connectivity index (χ1v) is 11.9. The molecule has 0 saturated heterocycles. The molecule has 1 amide bonds. The third-order valence-electron chi connectivity index (χ3n) is 5.18. The van der Waals surface area contributed by atoms with Gasteiger partial charge in [0.25, 0.3) is 5.91 Å². The maximum atomic E-state index is 12.9. The quantitative estimate of drug-likeness (QED) is 0.491. The van der Waals surface area contributed by atoms with E-state index in [4.69, 9.17) is 0 Å². The van der Waals surface area contributed by atoms with E-state index in [1.807, 2.05) is 48.5 Å². The molecule has 0 spiro atoms. The molecule has 158 valence electrons. The summed E-state index contributed by atoms with van der Waals surface area (Å²) in [7, 11) is -3.24. The predicted molar refractivity (Wildman–Crippen MR) is 122 cm³/mol. The van der Waals surface area contributed by atoms with E-state index in [0.717, 1.165) is 28.6 Å². The molecule has 3 aromatic carbocycles. The maximum Gasteiger partial charge on any atom is 0.276 e. The van der Waals surface area contributed by atoms with Crippen LogP contribution in [-0.4, -0.2) is 30.4 Å². The summed E-state index contributed by atoms with van der Waals surface area (Å²) in [5.41, 5.74) is 4.00. The molecule has 0 atom stereocenters. The summed E-state index contributed by atoms with van der Waals surface area (Å²) in [6.45, 7) is 2.50. The molecule has 0 bridgehead atoms. The van der Waals surface area contributed by atoms with Gasteiger partial charge in [0.05, 0.1) is 17.0 Å². The van der Waals surface area contributed by atoms with E-state index in [9.17, 15) is 13.2 Å². The second-order valence-electron chi connectivity index (χ2n) is 7.44. The number of fused-ring (bicyclic) bond motifs is 1. The largest absolute Gasteiger partial charge is 0.321 e. The van der Waals surface area contributed by atoms with Gasteiger partial charge in [0.15, 0.2) is 15.5 Å². The smallest absolute Gasteiger partial charge is 0.276 e. The van der Waals surface area contributed by atoms with Crippen molar-refractivity contribution in [1.82, 2.24) is 9.78 Å². The summed E-state index contributed by atoms with van der Waals surface area (Å²) in [5.74, 6) is -0.272. The van der Waals surface area contributed by atoms with Gasteiger partial charge in [0, 0.05) is 17.3 Å². The Hall–Kier alpha value is -3.45. The highest BCUT2D eigenvalue weighted by molar-refractivity contribution is 7.90. The first-order valence-electron chi connectivity index (χ1n) is 10.00. The minimum atomic E-state index is -3.24. The monoisotopic (exact) mass is 433 g/mol. The minimum Gasteiger partial charge on any atom is -0.321 e. The standard InChI is InChI=1S/C24H23N3O3S/c1-3-17-8-12-19(13-9-17)25-24(28)23-21-6-4-5-7-22(21)27(26-23)16-18-10-14-20(15-11-18)31(2,29)30/h4-15H,3,16H2,1-2H3,(H,25,28). The van der Waals surface area contributed by atoms with Crippen LogP contribution in [0, 0.1) is 0 Å². The number of aryl methyl sites for hydroxylation is 1. The zero-order chi connectivity index (χ0) is 22.0. The fraction of sp³-hybridized carbons (Fsp3) is 0.167. The summed E-state index contributed by atoms with van der Waals surface area (Å²) in [5, 5.41) is 8.26. The van der Waals surface area contributed by atoms with Crippen LogP contribution in [-0.2, 0) is 22.8 Å². The van der Waals surface area contributed by atoms with E-state index in [1.165, 1.54) is 11.8 Å². The number of aromatic nitrogens is 2. The Balaban J connectivity index is 1.63.